The summed E-state index contributed by atoms with van der Waals surface area (Å²) in [5.74, 6) is -11.5. The van der Waals surface area contributed by atoms with E-state index in [9.17, 15) is 28.8 Å². The number of ether oxygens (including phenoxy) is 6. The van der Waals surface area contributed by atoms with Gasteiger partial charge in [0.25, 0.3) is 11.6 Å². The third-order valence-electron chi connectivity index (χ3n) is 6.72. The molecule has 0 saturated heterocycles. The molecule has 0 aromatic heterocycles. The standard InChI is InChI=1S/C30H40O16/c1-18(12-31)22(35)43-28(5,44-23(36)19(2)13-32)16-41-26(39)30(10-8-7-9-11-30)27(40)42-17-29(6,45-24(37)20(3)14-33)46-25(38)21(4)15-34/h12-15,31-34H,7-11,16-17H2,1-6H3/b18-12+,19-13+,20-14+,21-15+. The fourth-order valence-electron chi connectivity index (χ4n) is 3.79. The molecular formula is C30H40O16. The predicted molar refractivity (Wildman–Crippen MR) is 154 cm³/mol. The van der Waals surface area contributed by atoms with Gasteiger partial charge >= 0.3 is 35.8 Å². The molecule has 16 nitrogen and oxygen atoms in total. The van der Waals surface area contributed by atoms with Gasteiger partial charge in [-0.15, -0.1) is 0 Å². The van der Waals surface area contributed by atoms with Gasteiger partial charge in [-0.25, -0.2) is 19.2 Å². The van der Waals surface area contributed by atoms with E-state index in [0.717, 1.165) is 13.8 Å². The van der Waals surface area contributed by atoms with Crippen molar-refractivity contribution >= 4 is 35.8 Å². The zero-order chi connectivity index (χ0) is 35.3. The van der Waals surface area contributed by atoms with Gasteiger partial charge in [0, 0.05) is 13.8 Å². The molecule has 16 heteroatoms. The minimum Gasteiger partial charge on any atom is -0.515 e. The molecule has 0 amide bonds. The van der Waals surface area contributed by atoms with Gasteiger partial charge in [0.05, 0.1) is 47.3 Å². The van der Waals surface area contributed by atoms with E-state index in [4.69, 9.17) is 48.8 Å². The van der Waals surface area contributed by atoms with E-state index in [-0.39, 0.29) is 35.1 Å². The van der Waals surface area contributed by atoms with Gasteiger partial charge in [0.2, 0.25) is 0 Å². The molecule has 46 heavy (non-hydrogen) atoms. The third kappa shape index (κ3) is 10.6. The van der Waals surface area contributed by atoms with Gasteiger partial charge in [-0.05, 0) is 40.5 Å². The van der Waals surface area contributed by atoms with Crippen LogP contribution in [-0.4, -0.2) is 81.0 Å². The van der Waals surface area contributed by atoms with Crippen LogP contribution in [0, 0.1) is 5.41 Å². The molecule has 0 bridgehead atoms. The molecule has 0 heterocycles. The zero-order valence-electron chi connectivity index (χ0n) is 26.4. The lowest BCUT2D eigenvalue weighted by molar-refractivity contribution is -0.239. The van der Waals surface area contributed by atoms with Gasteiger partial charge < -0.3 is 48.8 Å². The average Bonchev–Trinajstić information content (AvgIpc) is 3.04. The monoisotopic (exact) mass is 656 g/mol. The lowest BCUT2D eigenvalue weighted by Gasteiger charge is -2.35. The Hall–Kier alpha value is -5.02. The first kappa shape index (κ1) is 39.0. The largest absolute Gasteiger partial charge is 0.515 e. The molecule has 0 aromatic rings. The van der Waals surface area contributed by atoms with Crippen molar-refractivity contribution in [3.63, 3.8) is 0 Å². The van der Waals surface area contributed by atoms with Crippen molar-refractivity contribution in [2.75, 3.05) is 13.2 Å². The summed E-state index contributed by atoms with van der Waals surface area (Å²) < 4.78 is 31.3. The highest BCUT2D eigenvalue weighted by Crippen LogP contribution is 2.39. The Morgan fingerprint density at radius 1 is 0.543 bits per heavy atom. The summed E-state index contributed by atoms with van der Waals surface area (Å²) in [4.78, 5) is 76.5. The van der Waals surface area contributed by atoms with Crippen LogP contribution in [0.2, 0.25) is 0 Å². The second kappa shape index (κ2) is 16.9. The average molecular weight is 657 g/mol. The van der Waals surface area contributed by atoms with E-state index >= 15 is 0 Å². The number of rotatable bonds is 14. The van der Waals surface area contributed by atoms with Crippen LogP contribution in [-0.2, 0) is 57.2 Å². The van der Waals surface area contributed by atoms with Crippen LogP contribution in [0.1, 0.15) is 73.6 Å². The van der Waals surface area contributed by atoms with Crippen LogP contribution in [0.15, 0.2) is 47.3 Å². The molecule has 1 saturated carbocycles. The summed E-state index contributed by atoms with van der Waals surface area (Å²) in [6.45, 7) is 5.03. The van der Waals surface area contributed by atoms with Crippen LogP contribution in [0.5, 0.6) is 0 Å². The van der Waals surface area contributed by atoms with E-state index in [2.05, 4.69) is 0 Å². The number of aliphatic hydroxyl groups excluding tert-OH is 4. The van der Waals surface area contributed by atoms with Gasteiger partial charge in [0.15, 0.2) is 18.6 Å². The maximum absolute atomic E-state index is 13.5. The molecule has 0 atom stereocenters. The molecule has 1 aliphatic rings. The summed E-state index contributed by atoms with van der Waals surface area (Å²) in [5.41, 5.74) is -3.13. The van der Waals surface area contributed by atoms with Gasteiger partial charge in [-0.2, -0.15) is 0 Å². The molecule has 0 radical (unpaired) electrons. The van der Waals surface area contributed by atoms with E-state index in [1.165, 1.54) is 27.7 Å². The Bertz CT molecular complexity index is 1140. The Labute approximate surface area is 264 Å². The van der Waals surface area contributed by atoms with E-state index in [1.54, 1.807) is 0 Å². The maximum Gasteiger partial charge on any atom is 0.340 e. The quantitative estimate of drug-likeness (QED) is 0.0522. The summed E-state index contributed by atoms with van der Waals surface area (Å²) in [5, 5.41) is 36.6. The highest BCUT2D eigenvalue weighted by atomic mass is 16.8. The molecule has 1 fully saturated rings. The molecule has 1 rings (SSSR count). The fourth-order valence-corrected chi connectivity index (χ4v) is 3.79. The Morgan fingerprint density at radius 2 is 0.804 bits per heavy atom. The first-order valence-corrected chi connectivity index (χ1v) is 13.9. The Morgan fingerprint density at radius 3 is 1.04 bits per heavy atom. The van der Waals surface area contributed by atoms with Gasteiger partial charge in [-0.3, -0.25) is 9.59 Å². The number of aliphatic hydroxyl groups is 4. The smallest absolute Gasteiger partial charge is 0.340 e. The lowest BCUT2D eigenvalue weighted by atomic mass is 9.74. The molecule has 256 valence electrons. The van der Waals surface area contributed by atoms with Crippen molar-refractivity contribution in [1.82, 2.24) is 0 Å². The van der Waals surface area contributed by atoms with Gasteiger partial charge in [0.1, 0.15) is 0 Å². The van der Waals surface area contributed by atoms with Crippen molar-refractivity contribution in [1.29, 1.82) is 0 Å². The number of carbonyl (C=O) groups is 6. The zero-order valence-corrected chi connectivity index (χ0v) is 26.4. The van der Waals surface area contributed by atoms with Crippen molar-refractivity contribution in [3.05, 3.63) is 47.3 Å². The van der Waals surface area contributed by atoms with Crippen molar-refractivity contribution in [2.24, 2.45) is 5.41 Å². The molecule has 1 aliphatic carbocycles. The van der Waals surface area contributed by atoms with Crippen LogP contribution in [0.25, 0.3) is 0 Å². The highest BCUT2D eigenvalue weighted by molar-refractivity contribution is 6.00. The topological polar surface area (TPSA) is 239 Å². The van der Waals surface area contributed by atoms with Crippen LogP contribution < -0.4 is 0 Å². The summed E-state index contributed by atoms with van der Waals surface area (Å²) in [6, 6.07) is 0. The first-order valence-electron chi connectivity index (χ1n) is 13.9. The molecular weight excluding hydrogens is 616 g/mol. The van der Waals surface area contributed by atoms with E-state index in [0.29, 0.717) is 44.3 Å². The molecule has 0 aromatic carbocycles. The van der Waals surface area contributed by atoms with Gasteiger partial charge in [-0.1, -0.05) is 19.3 Å². The SMILES string of the molecule is C/C(=C\O)C(=O)OC(C)(COC(=O)C1(C(=O)OCC(C)(OC(=O)/C(C)=C/O)OC(=O)/C(C)=C/O)CCCCC1)OC(=O)/C(C)=C/O. The molecule has 0 spiro atoms. The minimum atomic E-state index is -2.30. The van der Waals surface area contributed by atoms with Crippen molar-refractivity contribution in [2.45, 2.75) is 85.2 Å². The second-order valence-electron chi connectivity index (χ2n) is 10.9. The lowest BCUT2D eigenvalue weighted by Crippen LogP contribution is -2.49. The molecule has 4 N–H and O–H groups in total. The number of esters is 6. The predicted octanol–water partition coefficient (Wildman–Crippen LogP) is 3.48. The van der Waals surface area contributed by atoms with Crippen LogP contribution in [0.4, 0.5) is 0 Å². The number of hydrogen-bond donors (Lipinski definition) is 4. The summed E-state index contributed by atoms with van der Waals surface area (Å²) >= 11 is 0. The van der Waals surface area contributed by atoms with Crippen molar-refractivity contribution < 1.29 is 77.6 Å². The number of carbonyl (C=O) groups excluding carboxylic acids is 6. The van der Waals surface area contributed by atoms with Crippen molar-refractivity contribution in [3.8, 4) is 0 Å². The highest BCUT2D eigenvalue weighted by Gasteiger charge is 2.51. The second-order valence-corrected chi connectivity index (χ2v) is 10.9. The van der Waals surface area contributed by atoms with E-state index < -0.39 is 66.0 Å². The van der Waals surface area contributed by atoms with Crippen LogP contribution in [0.3, 0.4) is 0 Å². The Kier molecular flexibility index (Phi) is 14.3. The maximum atomic E-state index is 13.5. The minimum absolute atomic E-state index is 0.0608. The van der Waals surface area contributed by atoms with Crippen LogP contribution >= 0.6 is 0 Å². The first-order chi connectivity index (χ1) is 21.4. The normalized spacial score (nSPS) is 17.1. The molecule has 0 aliphatic heterocycles. The summed E-state index contributed by atoms with van der Waals surface area (Å²) in [7, 11) is 0. The van der Waals surface area contributed by atoms with E-state index in [1.807, 2.05) is 0 Å². The Balaban J connectivity index is 3.32. The molecule has 0 unspecified atom stereocenters. The number of hydrogen-bond acceptors (Lipinski definition) is 16. The third-order valence-corrected chi connectivity index (χ3v) is 6.72. The summed E-state index contributed by atoms with van der Waals surface area (Å²) in [6.07, 6.45) is 3.05. The fraction of sp³-hybridized carbons (Fsp3) is 0.533.